The van der Waals surface area contributed by atoms with Gasteiger partial charge >= 0.3 is 0 Å². The van der Waals surface area contributed by atoms with Crippen LogP contribution in [0.3, 0.4) is 0 Å². The fraction of sp³-hybridized carbons (Fsp3) is 0.727. The Kier molecular flexibility index (Phi) is 3.19. The molecule has 3 heteroatoms. The Morgan fingerprint density at radius 3 is 3.21 bits per heavy atom. The molecule has 1 aromatic heterocycles. The lowest BCUT2D eigenvalue weighted by Crippen LogP contribution is -2.32. The molecular formula is C11H18N2O. The van der Waals surface area contributed by atoms with Gasteiger partial charge in [-0.1, -0.05) is 24.9 Å². The lowest BCUT2D eigenvalue weighted by molar-refractivity contribution is 0.286. The van der Waals surface area contributed by atoms with E-state index in [1.807, 2.05) is 6.07 Å². The van der Waals surface area contributed by atoms with Gasteiger partial charge in [-0.15, -0.1) is 0 Å². The van der Waals surface area contributed by atoms with Gasteiger partial charge in [-0.05, 0) is 18.8 Å². The topological polar surface area (TPSA) is 38.1 Å². The van der Waals surface area contributed by atoms with E-state index in [-0.39, 0.29) is 0 Å². The standard InChI is InChI=1S/C11H18N2O/c1-9-3-2-4-10(7-9)12-8-11-5-6-13-14-11/h5-6,9-10,12H,2-4,7-8H2,1H3. The zero-order chi connectivity index (χ0) is 9.80. The molecule has 0 radical (unpaired) electrons. The molecule has 0 aromatic carbocycles. The van der Waals surface area contributed by atoms with E-state index in [4.69, 9.17) is 4.52 Å². The van der Waals surface area contributed by atoms with Crippen molar-refractivity contribution in [1.82, 2.24) is 10.5 Å². The van der Waals surface area contributed by atoms with Crippen molar-refractivity contribution in [2.75, 3.05) is 0 Å². The Balaban J connectivity index is 1.75. The second kappa shape index (κ2) is 4.60. The molecule has 2 atom stereocenters. The molecule has 1 aliphatic rings. The maximum Gasteiger partial charge on any atom is 0.150 e. The van der Waals surface area contributed by atoms with Crippen LogP contribution in [0.25, 0.3) is 0 Å². The molecule has 2 unspecified atom stereocenters. The van der Waals surface area contributed by atoms with E-state index in [1.54, 1.807) is 6.20 Å². The molecule has 1 fully saturated rings. The minimum Gasteiger partial charge on any atom is -0.360 e. The van der Waals surface area contributed by atoms with Crippen LogP contribution in [-0.2, 0) is 6.54 Å². The van der Waals surface area contributed by atoms with Crippen molar-refractivity contribution in [3.63, 3.8) is 0 Å². The summed E-state index contributed by atoms with van der Waals surface area (Å²) in [7, 11) is 0. The van der Waals surface area contributed by atoms with Gasteiger partial charge in [0, 0.05) is 12.1 Å². The van der Waals surface area contributed by atoms with Gasteiger partial charge in [-0.2, -0.15) is 0 Å². The Hall–Kier alpha value is -0.830. The fourth-order valence-corrected chi connectivity index (χ4v) is 2.20. The first-order valence-corrected chi connectivity index (χ1v) is 5.47. The molecule has 1 aliphatic carbocycles. The summed E-state index contributed by atoms with van der Waals surface area (Å²) in [6.45, 7) is 3.15. The highest BCUT2D eigenvalue weighted by Gasteiger charge is 2.18. The summed E-state index contributed by atoms with van der Waals surface area (Å²) in [6, 6.07) is 2.59. The van der Waals surface area contributed by atoms with Crippen LogP contribution in [0.4, 0.5) is 0 Å². The molecule has 0 amide bonds. The number of hydrogen-bond donors (Lipinski definition) is 1. The van der Waals surface area contributed by atoms with Gasteiger partial charge in [0.2, 0.25) is 0 Å². The zero-order valence-corrected chi connectivity index (χ0v) is 8.70. The fourth-order valence-electron chi connectivity index (χ4n) is 2.20. The van der Waals surface area contributed by atoms with Crippen LogP contribution >= 0.6 is 0 Å². The second-order valence-electron chi connectivity index (χ2n) is 4.33. The van der Waals surface area contributed by atoms with Crippen LogP contribution in [0.2, 0.25) is 0 Å². The molecule has 1 N–H and O–H groups in total. The highest BCUT2D eigenvalue weighted by Crippen LogP contribution is 2.23. The van der Waals surface area contributed by atoms with Gasteiger partial charge in [-0.25, -0.2) is 0 Å². The molecule has 78 valence electrons. The number of hydrogen-bond acceptors (Lipinski definition) is 3. The van der Waals surface area contributed by atoms with E-state index in [0.717, 1.165) is 18.2 Å². The van der Waals surface area contributed by atoms with Crippen molar-refractivity contribution in [3.8, 4) is 0 Å². The average Bonchev–Trinajstić information content (AvgIpc) is 2.67. The highest BCUT2D eigenvalue weighted by atomic mass is 16.5. The van der Waals surface area contributed by atoms with Crippen molar-refractivity contribution in [3.05, 3.63) is 18.0 Å². The minimum atomic E-state index is 0.670. The Morgan fingerprint density at radius 2 is 2.50 bits per heavy atom. The average molecular weight is 194 g/mol. The van der Waals surface area contributed by atoms with Crippen molar-refractivity contribution in [1.29, 1.82) is 0 Å². The van der Waals surface area contributed by atoms with E-state index in [1.165, 1.54) is 25.7 Å². The SMILES string of the molecule is CC1CCCC(NCc2ccno2)C1. The molecule has 3 nitrogen and oxygen atoms in total. The summed E-state index contributed by atoms with van der Waals surface area (Å²) in [6.07, 6.45) is 7.04. The summed E-state index contributed by atoms with van der Waals surface area (Å²) in [4.78, 5) is 0. The van der Waals surface area contributed by atoms with Gasteiger partial charge in [-0.3, -0.25) is 0 Å². The molecule has 0 saturated heterocycles. The molecule has 1 saturated carbocycles. The van der Waals surface area contributed by atoms with Gasteiger partial charge < -0.3 is 9.84 Å². The molecule has 1 heterocycles. The van der Waals surface area contributed by atoms with Crippen molar-refractivity contribution in [2.24, 2.45) is 5.92 Å². The van der Waals surface area contributed by atoms with E-state index < -0.39 is 0 Å². The number of rotatable bonds is 3. The predicted molar refractivity (Wildman–Crippen MR) is 54.8 cm³/mol. The first-order chi connectivity index (χ1) is 6.84. The Morgan fingerprint density at radius 1 is 1.57 bits per heavy atom. The number of nitrogens with zero attached hydrogens (tertiary/aromatic N) is 1. The number of aromatic nitrogens is 1. The van der Waals surface area contributed by atoms with Crippen LogP contribution in [-0.4, -0.2) is 11.2 Å². The third kappa shape index (κ3) is 2.58. The summed E-state index contributed by atoms with van der Waals surface area (Å²) >= 11 is 0. The van der Waals surface area contributed by atoms with Crippen molar-refractivity contribution < 1.29 is 4.52 Å². The molecule has 2 rings (SSSR count). The Bertz CT molecular complexity index is 258. The first-order valence-electron chi connectivity index (χ1n) is 5.47. The largest absolute Gasteiger partial charge is 0.360 e. The number of nitrogens with one attached hydrogen (secondary N) is 1. The van der Waals surface area contributed by atoms with E-state index >= 15 is 0 Å². The molecule has 14 heavy (non-hydrogen) atoms. The molecule has 0 aliphatic heterocycles. The molecule has 1 aromatic rings. The monoisotopic (exact) mass is 194 g/mol. The maximum atomic E-state index is 5.04. The van der Waals surface area contributed by atoms with Gasteiger partial charge in [0.15, 0.2) is 0 Å². The van der Waals surface area contributed by atoms with E-state index in [9.17, 15) is 0 Å². The summed E-state index contributed by atoms with van der Waals surface area (Å²) in [5, 5.41) is 7.21. The summed E-state index contributed by atoms with van der Waals surface area (Å²) in [5.74, 6) is 1.80. The first kappa shape index (κ1) is 9.71. The second-order valence-corrected chi connectivity index (χ2v) is 4.33. The van der Waals surface area contributed by atoms with E-state index in [0.29, 0.717) is 6.04 Å². The lowest BCUT2D eigenvalue weighted by atomic mass is 9.87. The molecule has 0 spiro atoms. The van der Waals surface area contributed by atoms with Crippen LogP contribution in [0.1, 0.15) is 38.4 Å². The maximum absolute atomic E-state index is 5.04. The van der Waals surface area contributed by atoms with Crippen LogP contribution in [0, 0.1) is 5.92 Å². The lowest BCUT2D eigenvalue weighted by Gasteiger charge is -2.27. The Labute approximate surface area is 84.9 Å². The van der Waals surface area contributed by atoms with Gasteiger partial charge in [0.1, 0.15) is 5.76 Å². The molecule has 0 bridgehead atoms. The smallest absolute Gasteiger partial charge is 0.150 e. The van der Waals surface area contributed by atoms with Crippen LogP contribution in [0.5, 0.6) is 0 Å². The van der Waals surface area contributed by atoms with Crippen LogP contribution < -0.4 is 5.32 Å². The predicted octanol–water partition coefficient (Wildman–Crippen LogP) is 2.34. The summed E-state index contributed by atoms with van der Waals surface area (Å²) in [5.41, 5.74) is 0. The van der Waals surface area contributed by atoms with E-state index in [2.05, 4.69) is 17.4 Å². The van der Waals surface area contributed by atoms with Gasteiger partial charge in [0.05, 0.1) is 12.7 Å². The minimum absolute atomic E-state index is 0.670. The third-order valence-corrected chi connectivity index (χ3v) is 2.99. The molecular weight excluding hydrogens is 176 g/mol. The summed E-state index contributed by atoms with van der Waals surface area (Å²) < 4.78 is 5.04. The highest BCUT2D eigenvalue weighted by molar-refractivity contribution is 4.92. The third-order valence-electron chi connectivity index (χ3n) is 2.99. The van der Waals surface area contributed by atoms with Crippen molar-refractivity contribution >= 4 is 0 Å². The quantitative estimate of drug-likeness (QED) is 0.802. The normalized spacial score (nSPS) is 27.8. The van der Waals surface area contributed by atoms with Gasteiger partial charge in [0.25, 0.3) is 0 Å². The van der Waals surface area contributed by atoms with Crippen molar-refractivity contribution in [2.45, 2.75) is 45.2 Å². The zero-order valence-electron chi connectivity index (χ0n) is 8.70. The van der Waals surface area contributed by atoms with Crippen LogP contribution in [0.15, 0.2) is 16.8 Å².